The topological polar surface area (TPSA) is 67.2 Å². The number of nitrogens with one attached hydrogen (secondary N) is 1. The van der Waals surface area contributed by atoms with Crippen LogP contribution < -0.4 is 4.74 Å². The van der Waals surface area contributed by atoms with Gasteiger partial charge < -0.3 is 14.1 Å². The lowest BCUT2D eigenvalue weighted by Gasteiger charge is -2.26. The van der Waals surface area contributed by atoms with Gasteiger partial charge in [0.05, 0.1) is 24.1 Å². The van der Waals surface area contributed by atoms with Crippen LogP contribution in [0.5, 0.6) is 5.75 Å². The third-order valence-corrected chi connectivity index (χ3v) is 6.37. The summed E-state index contributed by atoms with van der Waals surface area (Å²) in [7, 11) is 0. The summed E-state index contributed by atoms with van der Waals surface area (Å²) in [5.74, 6) is 2.55. The molecule has 0 unspecified atom stereocenters. The fourth-order valence-electron chi connectivity index (χ4n) is 4.39. The number of piperidine rings is 1. The number of imidazole rings is 1. The second-order valence-electron chi connectivity index (χ2n) is 9.53. The van der Waals surface area contributed by atoms with E-state index in [0.29, 0.717) is 41.4 Å². The number of benzene rings is 2. The maximum absolute atomic E-state index is 6.24. The molecule has 2 aromatic carbocycles. The van der Waals surface area contributed by atoms with Gasteiger partial charge in [-0.15, -0.1) is 24.8 Å². The number of rotatable bonds is 8. The van der Waals surface area contributed by atoms with Crippen LogP contribution >= 0.6 is 36.4 Å². The Bertz CT molecular complexity index is 1270. The minimum Gasteiger partial charge on any atom is -0.493 e. The summed E-state index contributed by atoms with van der Waals surface area (Å²) in [6.45, 7) is 8.24. The molecule has 1 aliphatic heterocycles. The zero-order valence-electron chi connectivity index (χ0n) is 20.6. The van der Waals surface area contributed by atoms with Gasteiger partial charge in [0.1, 0.15) is 17.7 Å². The highest BCUT2D eigenvalue weighted by Crippen LogP contribution is 2.27. The van der Waals surface area contributed by atoms with Gasteiger partial charge in [0.25, 0.3) is 0 Å². The summed E-state index contributed by atoms with van der Waals surface area (Å²) in [6, 6.07) is 12.1. The lowest BCUT2D eigenvalue weighted by molar-refractivity contribution is 0.221. The highest BCUT2D eigenvalue weighted by Gasteiger charge is 2.15. The van der Waals surface area contributed by atoms with Crippen molar-refractivity contribution < 1.29 is 9.15 Å². The van der Waals surface area contributed by atoms with Gasteiger partial charge in [-0.05, 0) is 67.7 Å². The third-order valence-electron chi connectivity index (χ3n) is 6.13. The van der Waals surface area contributed by atoms with Gasteiger partial charge in [-0.25, -0.2) is 9.97 Å². The highest BCUT2D eigenvalue weighted by molar-refractivity contribution is 6.30. The lowest BCUT2D eigenvalue weighted by atomic mass is 10.1. The predicted molar refractivity (Wildman–Crippen MR) is 150 cm³/mol. The highest BCUT2D eigenvalue weighted by atomic mass is 35.5. The first-order valence-electron chi connectivity index (χ1n) is 12.1. The summed E-state index contributed by atoms with van der Waals surface area (Å²) in [5, 5.41) is 0.663. The van der Waals surface area contributed by atoms with Crippen molar-refractivity contribution in [3.8, 4) is 17.3 Å². The van der Waals surface area contributed by atoms with E-state index >= 15 is 0 Å². The minimum absolute atomic E-state index is 0. The molecule has 1 saturated heterocycles. The summed E-state index contributed by atoms with van der Waals surface area (Å²) in [6.07, 6.45) is 6.09. The summed E-state index contributed by atoms with van der Waals surface area (Å²) in [4.78, 5) is 15.4. The van der Waals surface area contributed by atoms with Crippen molar-refractivity contribution in [2.45, 2.75) is 46.1 Å². The molecule has 2 aromatic heterocycles. The number of H-pyrrole nitrogens is 1. The number of halogens is 3. The number of hydrogen-bond acceptors (Lipinski definition) is 5. The van der Waals surface area contributed by atoms with Crippen molar-refractivity contribution in [2.24, 2.45) is 5.92 Å². The first-order valence-corrected chi connectivity index (χ1v) is 12.5. The molecule has 9 heteroatoms. The normalized spacial score (nSPS) is 14.0. The molecule has 0 bridgehead atoms. The average Bonchev–Trinajstić information content (AvgIpc) is 3.46. The Hall–Kier alpha value is -2.25. The van der Waals surface area contributed by atoms with Crippen molar-refractivity contribution in [1.29, 1.82) is 0 Å². The quantitative estimate of drug-likeness (QED) is 0.248. The molecule has 6 nitrogen and oxygen atoms in total. The number of likely N-dealkylation sites (tertiary alicyclic amines) is 1. The van der Waals surface area contributed by atoms with Crippen molar-refractivity contribution in [1.82, 2.24) is 19.9 Å². The largest absolute Gasteiger partial charge is 0.493 e. The standard InChI is InChI=1S/C27H31ClN4O2.2ClH/c1-18(2)16-33-25-9-7-21(28)13-20(25)14-26-29-24(17-34-26)27-30-22-8-6-19(12-23(22)31-27)15-32-10-4-3-5-11-32;;/h6-9,12-13,17-18H,3-5,10-11,14-16H2,1-2H3,(H,30,31);2*1H. The summed E-state index contributed by atoms with van der Waals surface area (Å²) < 4.78 is 11.8. The van der Waals surface area contributed by atoms with E-state index in [0.717, 1.165) is 28.9 Å². The minimum atomic E-state index is 0. The van der Waals surface area contributed by atoms with E-state index in [-0.39, 0.29) is 24.8 Å². The maximum Gasteiger partial charge on any atom is 0.199 e. The number of fused-ring (bicyclic) bond motifs is 1. The molecule has 0 aliphatic carbocycles. The van der Waals surface area contributed by atoms with Gasteiger partial charge in [0, 0.05) is 17.1 Å². The van der Waals surface area contributed by atoms with E-state index in [4.69, 9.17) is 25.7 Å². The van der Waals surface area contributed by atoms with Crippen LogP contribution in [0.15, 0.2) is 47.1 Å². The molecule has 0 atom stereocenters. The predicted octanol–water partition coefficient (Wildman–Crippen LogP) is 7.33. The van der Waals surface area contributed by atoms with Crippen LogP contribution in [-0.4, -0.2) is 39.5 Å². The average molecular weight is 552 g/mol. The number of hydrogen-bond donors (Lipinski definition) is 1. The summed E-state index contributed by atoms with van der Waals surface area (Å²) in [5.41, 5.74) is 4.89. The molecule has 4 aromatic rings. The van der Waals surface area contributed by atoms with Gasteiger partial charge in [-0.3, -0.25) is 4.90 Å². The molecule has 36 heavy (non-hydrogen) atoms. The zero-order valence-corrected chi connectivity index (χ0v) is 23.0. The molecule has 0 saturated carbocycles. The lowest BCUT2D eigenvalue weighted by Crippen LogP contribution is -2.29. The van der Waals surface area contributed by atoms with E-state index in [2.05, 4.69) is 46.9 Å². The smallest absolute Gasteiger partial charge is 0.199 e. The Labute approximate surface area is 229 Å². The molecule has 1 fully saturated rings. The Morgan fingerprint density at radius 2 is 1.86 bits per heavy atom. The van der Waals surface area contributed by atoms with Crippen molar-refractivity contribution in [2.75, 3.05) is 19.7 Å². The first kappa shape index (κ1) is 28.3. The van der Waals surface area contributed by atoms with E-state index in [9.17, 15) is 0 Å². The number of nitrogens with zero attached hydrogens (tertiary/aromatic N) is 3. The van der Waals surface area contributed by atoms with E-state index < -0.39 is 0 Å². The number of aromatic nitrogens is 3. The van der Waals surface area contributed by atoms with Gasteiger partial charge in [-0.1, -0.05) is 37.9 Å². The molecule has 1 aliphatic rings. The first-order chi connectivity index (χ1) is 16.5. The second-order valence-corrected chi connectivity index (χ2v) is 9.97. The van der Waals surface area contributed by atoms with Gasteiger partial charge in [-0.2, -0.15) is 0 Å². The van der Waals surface area contributed by atoms with E-state index in [1.54, 1.807) is 6.26 Å². The monoisotopic (exact) mass is 550 g/mol. The molecular formula is C27H33Cl3N4O2. The van der Waals surface area contributed by atoms with Crippen molar-refractivity contribution >= 4 is 47.4 Å². The third kappa shape index (κ3) is 6.94. The molecule has 3 heterocycles. The van der Waals surface area contributed by atoms with Crippen molar-refractivity contribution in [3.05, 3.63) is 64.7 Å². The molecule has 1 N–H and O–H groups in total. The Kier molecular flexibility index (Phi) is 10.1. The Morgan fingerprint density at radius 3 is 2.64 bits per heavy atom. The number of ether oxygens (including phenoxy) is 1. The van der Waals surface area contributed by atoms with Gasteiger partial charge in [0.2, 0.25) is 0 Å². The van der Waals surface area contributed by atoms with Crippen LogP contribution in [0, 0.1) is 5.92 Å². The molecule has 0 amide bonds. The van der Waals surface area contributed by atoms with E-state index in [1.807, 2.05) is 18.2 Å². The van der Waals surface area contributed by atoms with Crippen LogP contribution in [0.1, 0.15) is 50.1 Å². The van der Waals surface area contributed by atoms with Crippen LogP contribution in [0.4, 0.5) is 0 Å². The van der Waals surface area contributed by atoms with Gasteiger partial charge >= 0.3 is 0 Å². The van der Waals surface area contributed by atoms with Crippen LogP contribution in [0.25, 0.3) is 22.6 Å². The molecule has 194 valence electrons. The Morgan fingerprint density at radius 1 is 1.06 bits per heavy atom. The zero-order chi connectivity index (χ0) is 23.5. The SMILES string of the molecule is CC(C)COc1ccc(Cl)cc1Cc1nc(-c2nc3cc(CN4CCCCC4)ccc3[nH]2)co1.Cl.Cl. The van der Waals surface area contributed by atoms with E-state index in [1.165, 1.54) is 37.9 Å². The molecule has 5 rings (SSSR count). The Balaban J connectivity index is 0.00000180. The molecular weight excluding hydrogens is 519 g/mol. The fraction of sp³-hybridized carbons (Fsp3) is 0.407. The number of aromatic amines is 1. The van der Waals surface area contributed by atoms with Crippen LogP contribution in [0.2, 0.25) is 5.02 Å². The molecule has 0 spiro atoms. The van der Waals surface area contributed by atoms with Crippen LogP contribution in [0.3, 0.4) is 0 Å². The number of oxazole rings is 1. The maximum atomic E-state index is 6.24. The second kappa shape index (κ2) is 12.8. The fourth-order valence-corrected chi connectivity index (χ4v) is 4.59. The molecule has 0 radical (unpaired) electrons. The van der Waals surface area contributed by atoms with Gasteiger partial charge in [0.15, 0.2) is 11.7 Å². The van der Waals surface area contributed by atoms with Crippen LogP contribution in [-0.2, 0) is 13.0 Å². The summed E-state index contributed by atoms with van der Waals surface area (Å²) >= 11 is 6.24. The van der Waals surface area contributed by atoms with Crippen molar-refractivity contribution in [3.63, 3.8) is 0 Å².